The number of aliphatic hydroxyl groups is 1. The van der Waals surface area contributed by atoms with Gasteiger partial charge in [-0.05, 0) is 79.6 Å². The van der Waals surface area contributed by atoms with Gasteiger partial charge >= 0.3 is 6.09 Å². The van der Waals surface area contributed by atoms with Crippen LogP contribution in [0.2, 0.25) is 0 Å². The zero-order chi connectivity index (χ0) is 29.4. The fourth-order valence-corrected chi connectivity index (χ4v) is 5.94. The molecule has 4 N–H and O–H groups in total. The summed E-state index contributed by atoms with van der Waals surface area (Å²) in [6.45, 7) is 3.78. The Bertz CT molecular complexity index is 1350. The Hall–Kier alpha value is -3.75. The molecule has 0 radical (unpaired) electrons. The SMILES string of the molecule is CCc1cccc(-c2c(F)cccc2C(O)(CCCNC(=O)O)C2CCCN(C(=O)c3ccc(CNC)cc3)C2)c1. The standard InChI is InChI=1S/C33H40FN3O4/c1-3-23-8-4-9-26(20-23)30-28(11-5-12-29(30)34)33(41,17-7-18-36-32(39)40)27-10-6-19-37(22-27)31(38)25-15-13-24(14-16-25)21-35-2/h4-5,8-9,11-16,20,27,35-36,41H,3,6-7,10,17-19,21-22H2,1-2H3,(H,39,40). The van der Waals surface area contributed by atoms with Crippen LogP contribution in [0.25, 0.3) is 11.1 Å². The number of piperidine rings is 1. The van der Waals surface area contributed by atoms with E-state index >= 15 is 4.39 Å². The van der Waals surface area contributed by atoms with Crippen LogP contribution in [0.4, 0.5) is 9.18 Å². The normalized spacial score (nSPS) is 16.7. The number of benzene rings is 3. The number of hydrogen-bond acceptors (Lipinski definition) is 4. The van der Waals surface area contributed by atoms with Crippen molar-refractivity contribution < 1.29 is 24.2 Å². The Morgan fingerprint density at radius 2 is 1.83 bits per heavy atom. The van der Waals surface area contributed by atoms with Gasteiger partial charge in [-0.25, -0.2) is 9.18 Å². The van der Waals surface area contributed by atoms with Crippen LogP contribution in [0.5, 0.6) is 0 Å². The van der Waals surface area contributed by atoms with Crippen LogP contribution in [-0.4, -0.2) is 53.8 Å². The highest BCUT2D eigenvalue weighted by Gasteiger charge is 2.43. The summed E-state index contributed by atoms with van der Waals surface area (Å²) in [6.07, 6.45) is 1.57. The molecule has 2 unspecified atom stereocenters. The minimum atomic E-state index is -1.49. The second-order valence-corrected chi connectivity index (χ2v) is 10.8. The molecule has 4 rings (SSSR count). The quantitative estimate of drug-likeness (QED) is 0.230. The lowest BCUT2D eigenvalue weighted by atomic mass is 9.72. The van der Waals surface area contributed by atoms with Crippen molar-refractivity contribution in [1.82, 2.24) is 15.5 Å². The number of nitrogens with zero attached hydrogens (tertiary/aromatic N) is 1. The Morgan fingerprint density at radius 3 is 2.54 bits per heavy atom. The third-order valence-electron chi connectivity index (χ3n) is 8.08. The van der Waals surface area contributed by atoms with E-state index in [1.807, 2.05) is 62.5 Å². The van der Waals surface area contributed by atoms with Crippen molar-refractivity contribution in [3.63, 3.8) is 0 Å². The van der Waals surface area contributed by atoms with E-state index in [9.17, 15) is 14.7 Å². The molecule has 2 atom stereocenters. The average Bonchev–Trinajstić information content (AvgIpc) is 2.99. The van der Waals surface area contributed by atoms with Gasteiger partial charge in [-0.15, -0.1) is 0 Å². The Morgan fingerprint density at radius 1 is 1.07 bits per heavy atom. The molecule has 0 aliphatic carbocycles. The first-order valence-electron chi connectivity index (χ1n) is 14.4. The summed E-state index contributed by atoms with van der Waals surface area (Å²) in [5.74, 6) is -0.901. The fourth-order valence-electron chi connectivity index (χ4n) is 5.94. The molecule has 7 nitrogen and oxygen atoms in total. The molecule has 218 valence electrons. The number of carbonyl (C=O) groups is 2. The fraction of sp³-hybridized carbons (Fsp3) is 0.394. The number of hydrogen-bond donors (Lipinski definition) is 4. The summed E-state index contributed by atoms with van der Waals surface area (Å²) in [7, 11) is 1.87. The number of carboxylic acid groups (broad SMARTS) is 1. The third-order valence-corrected chi connectivity index (χ3v) is 8.08. The Balaban J connectivity index is 1.69. The Labute approximate surface area is 241 Å². The first-order chi connectivity index (χ1) is 19.8. The van der Waals surface area contributed by atoms with Gasteiger partial charge in [-0.3, -0.25) is 4.79 Å². The van der Waals surface area contributed by atoms with E-state index in [0.29, 0.717) is 61.2 Å². The molecule has 1 aliphatic heterocycles. The summed E-state index contributed by atoms with van der Waals surface area (Å²) in [5, 5.41) is 27.1. The van der Waals surface area contributed by atoms with Gasteiger partial charge in [0.1, 0.15) is 5.82 Å². The van der Waals surface area contributed by atoms with Gasteiger partial charge in [0.25, 0.3) is 5.91 Å². The molecule has 0 saturated carbocycles. The summed E-state index contributed by atoms with van der Waals surface area (Å²) in [6, 6.07) is 20.0. The maximum atomic E-state index is 15.6. The number of rotatable bonds is 11. The lowest BCUT2D eigenvalue weighted by Gasteiger charge is -2.43. The van der Waals surface area contributed by atoms with Crippen LogP contribution >= 0.6 is 0 Å². The minimum Gasteiger partial charge on any atom is -0.465 e. The predicted molar refractivity (Wildman–Crippen MR) is 158 cm³/mol. The van der Waals surface area contributed by atoms with Gasteiger partial charge in [0, 0.05) is 43.2 Å². The highest BCUT2D eigenvalue weighted by molar-refractivity contribution is 5.94. The van der Waals surface area contributed by atoms with Gasteiger partial charge in [-0.1, -0.05) is 55.5 Å². The summed E-state index contributed by atoms with van der Waals surface area (Å²) in [4.78, 5) is 26.4. The molecule has 3 aromatic rings. The number of carbonyl (C=O) groups excluding carboxylic acids is 1. The summed E-state index contributed by atoms with van der Waals surface area (Å²) in [5.41, 5.74) is 2.73. The third kappa shape index (κ3) is 7.13. The monoisotopic (exact) mass is 561 g/mol. The lowest BCUT2D eigenvalue weighted by molar-refractivity contribution is -0.0564. The second kappa shape index (κ2) is 13.7. The van der Waals surface area contributed by atoms with Crippen LogP contribution in [-0.2, 0) is 18.6 Å². The molecule has 0 aromatic heterocycles. The van der Waals surface area contributed by atoms with Crippen LogP contribution in [0, 0.1) is 11.7 Å². The van der Waals surface area contributed by atoms with E-state index in [0.717, 1.165) is 17.5 Å². The molecule has 1 fully saturated rings. The van der Waals surface area contributed by atoms with Gasteiger partial charge in [0.2, 0.25) is 0 Å². The molecular formula is C33H40FN3O4. The minimum absolute atomic E-state index is 0.101. The number of likely N-dealkylation sites (tertiary alicyclic amines) is 1. The molecule has 8 heteroatoms. The molecule has 3 aromatic carbocycles. The predicted octanol–water partition coefficient (Wildman–Crippen LogP) is 5.56. The smallest absolute Gasteiger partial charge is 0.404 e. The van der Waals surface area contributed by atoms with Crippen molar-refractivity contribution in [1.29, 1.82) is 0 Å². The molecule has 1 aliphatic rings. The molecule has 0 bridgehead atoms. The first kappa shape index (κ1) is 30.2. The van der Waals surface area contributed by atoms with Crippen LogP contribution in [0.15, 0.2) is 66.7 Å². The Kier molecular flexibility index (Phi) is 10.1. The molecule has 0 spiro atoms. The molecule has 1 heterocycles. The van der Waals surface area contributed by atoms with Gasteiger partial charge in [0.05, 0.1) is 5.60 Å². The summed E-state index contributed by atoms with van der Waals surface area (Å²) < 4.78 is 15.6. The topological polar surface area (TPSA) is 102 Å². The van der Waals surface area contributed by atoms with E-state index in [1.54, 1.807) is 17.0 Å². The number of aryl methyl sites for hydroxylation is 1. The second-order valence-electron chi connectivity index (χ2n) is 10.8. The zero-order valence-electron chi connectivity index (χ0n) is 23.8. The van der Waals surface area contributed by atoms with Crippen molar-refractivity contribution in [2.24, 2.45) is 5.92 Å². The van der Waals surface area contributed by atoms with Gasteiger partial charge < -0.3 is 25.7 Å². The number of amides is 2. The van der Waals surface area contributed by atoms with E-state index in [1.165, 1.54) is 6.07 Å². The van der Waals surface area contributed by atoms with E-state index in [2.05, 4.69) is 10.6 Å². The number of nitrogens with one attached hydrogen (secondary N) is 2. The molecule has 1 saturated heterocycles. The van der Waals surface area contributed by atoms with Crippen molar-refractivity contribution >= 4 is 12.0 Å². The van der Waals surface area contributed by atoms with E-state index in [-0.39, 0.29) is 24.8 Å². The van der Waals surface area contributed by atoms with Gasteiger partial charge in [0.15, 0.2) is 0 Å². The maximum Gasteiger partial charge on any atom is 0.404 e. The van der Waals surface area contributed by atoms with Crippen molar-refractivity contribution in [3.05, 3.63) is 94.8 Å². The largest absolute Gasteiger partial charge is 0.465 e. The first-order valence-corrected chi connectivity index (χ1v) is 14.4. The lowest BCUT2D eigenvalue weighted by Crippen LogP contribution is -2.48. The summed E-state index contributed by atoms with van der Waals surface area (Å²) >= 11 is 0. The van der Waals surface area contributed by atoms with Crippen molar-refractivity contribution in [2.75, 3.05) is 26.7 Å². The van der Waals surface area contributed by atoms with Crippen LogP contribution in [0.1, 0.15) is 59.7 Å². The van der Waals surface area contributed by atoms with Crippen LogP contribution < -0.4 is 10.6 Å². The average molecular weight is 562 g/mol. The zero-order valence-corrected chi connectivity index (χ0v) is 23.8. The van der Waals surface area contributed by atoms with E-state index < -0.39 is 17.5 Å². The molecule has 41 heavy (non-hydrogen) atoms. The van der Waals surface area contributed by atoms with Crippen molar-refractivity contribution in [3.8, 4) is 11.1 Å². The van der Waals surface area contributed by atoms with Crippen LogP contribution in [0.3, 0.4) is 0 Å². The molecule has 2 amide bonds. The highest BCUT2D eigenvalue weighted by Crippen LogP contribution is 2.44. The van der Waals surface area contributed by atoms with Gasteiger partial charge in [-0.2, -0.15) is 0 Å². The number of halogens is 1. The van der Waals surface area contributed by atoms with E-state index in [4.69, 9.17) is 5.11 Å². The van der Waals surface area contributed by atoms with Crippen molar-refractivity contribution in [2.45, 2.75) is 51.2 Å². The molecular weight excluding hydrogens is 521 g/mol. The highest BCUT2D eigenvalue weighted by atomic mass is 19.1. The maximum absolute atomic E-state index is 15.6.